The molecule has 19 heavy (non-hydrogen) atoms. The van der Waals surface area contributed by atoms with Gasteiger partial charge in [0, 0.05) is 9.37 Å². The zero-order chi connectivity index (χ0) is 13.8. The average Bonchev–Trinajstić information content (AvgIpc) is 2.39. The quantitative estimate of drug-likeness (QED) is 0.878. The van der Waals surface area contributed by atoms with Crippen LogP contribution in [-0.4, -0.2) is 12.2 Å². The van der Waals surface area contributed by atoms with Gasteiger partial charge in [0.25, 0.3) is 0 Å². The SMILES string of the molecule is COc1ccccc1Sc1ccc(C(C)O)c(Br)c1. The Bertz CT molecular complexity index is 570. The van der Waals surface area contributed by atoms with Crippen LogP contribution in [0.25, 0.3) is 0 Å². The summed E-state index contributed by atoms with van der Waals surface area (Å²) < 4.78 is 6.26. The average molecular weight is 339 g/mol. The zero-order valence-corrected chi connectivity index (χ0v) is 13.2. The molecule has 0 bridgehead atoms. The standard InChI is InChI=1S/C15H15BrO2S/c1-10(17)12-8-7-11(9-13(12)16)19-15-6-4-3-5-14(15)18-2/h3-10,17H,1-2H3. The lowest BCUT2D eigenvalue weighted by Crippen LogP contribution is -1.92. The Morgan fingerprint density at radius 1 is 1.21 bits per heavy atom. The molecule has 0 saturated carbocycles. The third-order valence-electron chi connectivity index (χ3n) is 2.72. The second kappa shape index (κ2) is 6.46. The van der Waals surface area contributed by atoms with Gasteiger partial charge in [0.2, 0.25) is 0 Å². The number of hydrogen-bond acceptors (Lipinski definition) is 3. The van der Waals surface area contributed by atoms with E-state index in [9.17, 15) is 5.11 Å². The number of halogens is 1. The minimum Gasteiger partial charge on any atom is -0.496 e. The van der Waals surface area contributed by atoms with Crippen molar-refractivity contribution in [3.63, 3.8) is 0 Å². The molecule has 1 unspecified atom stereocenters. The normalized spacial score (nSPS) is 12.2. The lowest BCUT2D eigenvalue weighted by molar-refractivity contribution is 0.198. The van der Waals surface area contributed by atoms with E-state index in [1.807, 2.05) is 42.5 Å². The van der Waals surface area contributed by atoms with Crippen LogP contribution < -0.4 is 4.74 Å². The molecule has 100 valence electrons. The van der Waals surface area contributed by atoms with E-state index in [1.54, 1.807) is 25.8 Å². The number of ether oxygens (including phenoxy) is 1. The summed E-state index contributed by atoms with van der Waals surface area (Å²) in [5.74, 6) is 0.864. The van der Waals surface area contributed by atoms with Crippen molar-refractivity contribution in [1.29, 1.82) is 0 Å². The lowest BCUT2D eigenvalue weighted by atomic mass is 10.1. The van der Waals surface area contributed by atoms with E-state index in [2.05, 4.69) is 15.9 Å². The Morgan fingerprint density at radius 3 is 2.58 bits per heavy atom. The van der Waals surface area contributed by atoms with E-state index in [0.29, 0.717) is 0 Å². The molecular weight excluding hydrogens is 324 g/mol. The van der Waals surface area contributed by atoms with Crippen LogP contribution >= 0.6 is 27.7 Å². The maximum absolute atomic E-state index is 9.61. The molecule has 1 N–H and O–H groups in total. The van der Waals surface area contributed by atoms with Crippen molar-refractivity contribution in [2.24, 2.45) is 0 Å². The molecule has 0 radical (unpaired) electrons. The van der Waals surface area contributed by atoms with Crippen molar-refractivity contribution in [2.75, 3.05) is 7.11 Å². The van der Waals surface area contributed by atoms with Crippen LogP contribution in [-0.2, 0) is 0 Å². The van der Waals surface area contributed by atoms with Gasteiger partial charge in [0.15, 0.2) is 0 Å². The number of methoxy groups -OCH3 is 1. The summed E-state index contributed by atoms with van der Waals surface area (Å²) in [6.07, 6.45) is -0.473. The van der Waals surface area contributed by atoms with Gasteiger partial charge >= 0.3 is 0 Å². The number of para-hydroxylation sites is 1. The first-order valence-electron chi connectivity index (χ1n) is 5.90. The van der Waals surface area contributed by atoms with Crippen LogP contribution in [0.3, 0.4) is 0 Å². The van der Waals surface area contributed by atoms with E-state index in [-0.39, 0.29) is 0 Å². The van der Waals surface area contributed by atoms with Crippen LogP contribution in [0.2, 0.25) is 0 Å². The Morgan fingerprint density at radius 2 is 1.95 bits per heavy atom. The topological polar surface area (TPSA) is 29.5 Å². The summed E-state index contributed by atoms with van der Waals surface area (Å²) >= 11 is 5.13. The van der Waals surface area contributed by atoms with Crippen molar-refractivity contribution in [2.45, 2.75) is 22.8 Å². The molecule has 0 aliphatic rings. The maximum atomic E-state index is 9.61. The Balaban J connectivity index is 2.26. The molecule has 2 nitrogen and oxygen atoms in total. The van der Waals surface area contributed by atoms with Crippen molar-refractivity contribution in [3.8, 4) is 5.75 Å². The Hall–Kier alpha value is -0.970. The summed E-state index contributed by atoms with van der Waals surface area (Å²) in [5, 5.41) is 9.61. The van der Waals surface area contributed by atoms with Crippen molar-refractivity contribution in [1.82, 2.24) is 0 Å². The van der Waals surface area contributed by atoms with E-state index in [4.69, 9.17) is 4.74 Å². The van der Waals surface area contributed by atoms with Gasteiger partial charge in [0.05, 0.1) is 18.1 Å². The molecule has 2 aromatic rings. The van der Waals surface area contributed by atoms with Gasteiger partial charge in [-0.15, -0.1) is 0 Å². The number of hydrogen-bond donors (Lipinski definition) is 1. The fourth-order valence-corrected chi connectivity index (χ4v) is 3.57. The van der Waals surface area contributed by atoms with E-state index in [1.165, 1.54) is 0 Å². The van der Waals surface area contributed by atoms with Gasteiger partial charge in [-0.05, 0) is 36.8 Å². The highest BCUT2D eigenvalue weighted by Gasteiger charge is 2.09. The van der Waals surface area contributed by atoms with Gasteiger partial charge in [0.1, 0.15) is 5.75 Å². The molecule has 0 amide bonds. The number of rotatable bonds is 4. The van der Waals surface area contributed by atoms with E-state index in [0.717, 1.165) is 25.6 Å². The van der Waals surface area contributed by atoms with Crippen LogP contribution in [0.1, 0.15) is 18.6 Å². The summed E-state index contributed by atoms with van der Waals surface area (Å²) in [6, 6.07) is 13.9. The fourth-order valence-electron chi connectivity index (χ4n) is 1.74. The summed E-state index contributed by atoms with van der Waals surface area (Å²) in [4.78, 5) is 2.17. The largest absolute Gasteiger partial charge is 0.496 e. The van der Waals surface area contributed by atoms with Gasteiger partial charge in [-0.3, -0.25) is 0 Å². The van der Waals surface area contributed by atoms with E-state index < -0.39 is 6.10 Å². The molecule has 0 spiro atoms. The molecule has 0 heterocycles. The van der Waals surface area contributed by atoms with Crippen LogP contribution in [0.5, 0.6) is 5.75 Å². The molecular formula is C15H15BrO2S. The molecule has 0 aliphatic carbocycles. The molecule has 2 rings (SSSR count). The van der Waals surface area contributed by atoms with Gasteiger partial charge < -0.3 is 9.84 Å². The zero-order valence-electron chi connectivity index (χ0n) is 10.8. The third kappa shape index (κ3) is 3.53. The smallest absolute Gasteiger partial charge is 0.132 e. The predicted molar refractivity (Wildman–Crippen MR) is 81.9 cm³/mol. The van der Waals surface area contributed by atoms with Gasteiger partial charge in [-0.1, -0.05) is 45.9 Å². The highest BCUT2D eigenvalue weighted by molar-refractivity contribution is 9.10. The van der Waals surface area contributed by atoms with Crippen molar-refractivity contribution >= 4 is 27.7 Å². The molecule has 2 aromatic carbocycles. The van der Waals surface area contributed by atoms with Gasteiger partial charge in [-0.2, -0.15) is 0 Å². The second-order valence-electron chi connectivity index (χ2n) is 4.11. The van der Waals surface area contributed by atoms with Gasteiger partial charge in [-0.25, -0.2) is 0 Å². The minimum absolute atomic E-state index is 0.473. The molecule has 4 heteroatoms. The molecule has 0 saturated heterocycles. The first-order chi connectivity index (χ1) is 9.11. The summed E-state index contributed by atoms with van der Waals surface area (Å²) in [6.45, 7) is 1.76. The first-order valence-corrected chi connectivity index (χ1v) is 7.51. The first kappa shape index (κ1) is 14.4. The summed E-state index contributed by atoms with van der Waals surface area (Å²) in [5.41, 5.74) is 0.893. The lowest BCUT2D eigenvalue weighted by Gasteiger charge is -2.11. The number of aliphatic hydroxyl groups is 1. The van der Waals surface area contributed by atoms with Crippen molar-refractivity contribution in [3.05, 3.63) is 52.5 Å². The predicted octanol–water partition coefficient (Wildman–Crippen LogP) is 4.66. The van der Waals surface area contributed by atoms with Crippen LogP contribution in [0, 0.1) is 0 Å². The molecule has 0 fully saturated rings. The minimum atomic E-state index is -0.473. The van der Waals surface area contributed by atoms with Crippen molar-refractivity contribution < 1.29 is 9.84 Å². The monoisotopic (exact) mass is 338 g/mol. The Labute approximate surface area is 125 Å². The fraction of sp³-hybridized carbons (Fsp3) is 0.200. The highest BCUT2D eigenvalue weighted by Crippen LogP contribution is 2.37. The Kier molecular flexibility index (Phi) is 4.91. The van der Waals surface area contributed by atoms with Crippen LogP contribution in [0.4, 0.5) is 0 Å². The third-order valence-corrected chi connectivity index (χ3v) is 4.45. The second-order valence-corrected chi connectivity index (χ2v) is 6.08. The van der Waals surface area contributed by atoms with E-state index >= 15 is 0 Å². The molecule has 0 aliphatic heterocycles. The highest BCUT2D eigenvalue weighted by atomic mass is 79.9. The number of benzene rings is 2. The van der Waals surface area contributed by atoms with Crippen LogP contribution in [0.15, 0.2) is 56.7 Å². The maximum Gasteiger partial charge on any atom is 0.132 e. The molecule has 1 atom stereocenters. The number of aliphatic hydroxyl groups excluding tert-OH is 1. The molecule has 0 aromatic heterocycles. The summed E-state index contributed by atoms with van der Waals surface area (Å²) in [7, 11) is 1.67.